The molecule has 1 fully saturated rings. The molecule has 8 heteroatoms. The SMILES string of the molecule is CC1(C)OB([C@H](CCc2ccccc2)NC(=O)CCOc2cccc(/C=C(\C#N)c3ccccn3)c2)OC1(C)C. The monoisotopic (exact) mass is 537 g/mol. The summed E-state index contributed by atoms with van der Waals surface area (Å²) in [7, 11) is -0.546. The predicted molar refractivity (Wildman–Crippen MR) is 157 cm³/mol. The van der Waals surface area contributed by atoms with Crippen molar-refractivity contribution in [3.8, 4) is 11.8 Å². The number of aromatic nitrogens is 1. The smallest absolute Gasteiger partial charge is 0.481 e. The number of hydrogen-bond donors (Lipinski definition) is 1. The van der Waals surface area contributed by atoms with Gasteiger partial charge in [0.2, 0.25) is 5.91 Å². The molecule has 0 saturated carbocycles. The number of pyridine rings is 1. The largest absolute Gasteiger partial charge is 0.493 e. The highest BCUT2D eigenvalue weighted by Crippen LogP contribution is 2.38. The number of allylic oxidation sites excluding steroid dienone is 1. The van der Waals surface area contributed by atoms with Crippen LogP contribution in [0.1, 0.15) is 57.4 Å². The molecule has 0 radical (unpaired) electrons. The molecule has 2 aromatic carbocycles. The van der Waals surface area contributed by atoms with E-state index < -0.39 is 18.3 Å². The molecule has 0 bridgehead atoms. The van der Waals surface area contributed by atoms with Gasteiger partial charge in [0.25, 0.3) is 0 Å². The Bertz CT molecular complexity index is 1340. The third-order valence-electron chi connectivity index (χ3n) is 7.36. The maximum absolute atomic E-state index is 13.0. The average Bonchev–Trinajstić information content (AvgIpc) is 3.17. The second-order valence-electron chi connectivity index (χ2n) is 10.9. The normalized spacial score (nSPS) is 16.7. The summed E-state index contributed by atoms with van der Waals surface area (Å²) in [4.78, 5) is 17.2. The first kappa shape index (κ1) is 29.1. The number of aryl methyl sites for hydroxylation is 1. The molecule has 1 saturated heterocycles. The van der Waals surface area contributed by atoms with E-state index >= 15 is 0 Å². The molecule has 40 heavy (non-hydrogen) atoms. The molecule has 7 nitrogen and oxygen atoms in total. The van der Waals surface area contributed by atoms with E-state index in [0.717, 1.165) is 12.0 Å². The van der Waals surface area contributed by atoms with Crippen molar-refractivity contribution in [1.82, 2.24) is 10.3 Å². The molecule has 206 valence electrons. The number of nitrogens with zero attached hydrogens (tertiary/aromatic N) is 2. The molecule has 1 N–H and O–H groups in total. The van der Waals surface area contributed by atoms with Gasteiger partial charge in [-0.1, -0.05) is 48.5 Å². The molecule has 2 heterocycles. The average molecular weight is 537 g/mol. The molecule has 1 amide bonds. The third-order valence-corrected chi connectivity index (χ3v) is 7.36. The molecule has 1 aromatic heterocycles. The van der Waals surface area contributed by atoms with Crippen LogP contribution in [0.5, 0.6) is 5.75 Å². The highest BCUT2D eigenvalue weighted by Gasteiger charge is 2.53. The summed E-state index contributed by atoms with van der Waals surface area (Å²) < 4.78 is 18.4. The van der Waals surface area contributed by atoms with Gasteiger partial charge in [-0.15, -0.1) is 0 Å². The minimum Gasteiger partial charge on any atom is -0.493 e. The topological polar surface area (TPSA) is 93.5 Å². The zero-order chi connectivity index (χ0) is 28.6. The van der Waals surface area contributed by atoms with Crippen LogP contribution in [0.3, 0.4) is 0 Å². The number of ether oxygens (including phenoxy) is 1. The summed E-state index contributed by atoms with van der Waals surface area (Å²) in [6, 6.07) is 25.2. The lowest BCUT2D eigenvalue weighted by Crippen LogP contribution is -2.48. The zero-order valence-electron chi connectivity index (χ0n) is 23.6. The van der Waals surface area contributed by atoms with Crippen LogP contribution >= 0.6 is 0 Å². The number of carbonyl (C=O) groups is 1. The van der Waals surface area contributed by atoms with Crippen molar-refractivity contribution in [2.75, 3.05) is 6.61 Å². The number of benzene rings is 2. The number of rotatable bonds is 11. The second-order valence-corrected chi connectivity index (χ2v) is 10.9. The number of hydrogen-bond acceptors (Lipinski definition) is 6. The van der Waals surface area contributed by atoms with Crippen molar-refractivity contribution in [3.63, 3.8) is 0 Å². The minimum atomic E-state index is -0.546. The predicted octanol–water partition coefficient (Wildman–Crippen LogP) is 5.66. The van der Waals surface area contributed by atoms with Crippen LogP contribution in [0.4, 0.5) is 0 Å². The lowest BCUT2D eigenvalue weighted by molar-refractivity contribution is -0.122. The van der Waals surface area contributed by atoms with E-state index in [1.807, 2.05) is 82.3 Å². The first-order valence-electron chi connectivity index (χ1n) is 13.6. The molecule has 4 rings (SSSR count). The van der Waals surface area contributed by atoms with Gasteiger partial charge in [0.05, 0.1) is 41.4 Å². The van der Waals surface area contributed by atoms with E-state index in [4.69, 9.17) is 14.0 Å². The van der Waals surface area contributed by atoms with Crippen LogP contribution in [0, 0.1) is 11.3 Å². The van der Waals surface area contributed by atoms with Crippen LogP contribution in [0.2, 0.25) is 0 Å². The van der Waals surface area contributed by atoms with Crippen LogP contribution in [0.25, 0.3) is 11.6 Å². The van der Waals surface area contributed by atoms with Crippen molar-refractivity contribution in [1.29, 1.82) is 5.26 Å². The van der Waals surface area contributed by atoms with Crippen molar-refractivity contribution in [3.05, 3.63) is 95.8 Å². The Morgan fingerprint density at radius 3 is 2.45 bits per heavy atom. The number of nitriles is 1. The molecule has 0 unspecified atom stereocenters. The fourth-order valence-electron chi connectivity index (χ4n) is 4.38. The van der Waals surface area contributed by atoms with Gasteiger partial charge in [0.15, 0.2) is 0 Å². The molecule has 1 atom stereocenters. The van der Waals surface area contributed by atoms with Gasteiger partial charge in [0, 0.05) is 6.20 Å². The maximum Gasteiger partial charge on any atom is 0.481 e. The highest BCUT2D eigenvalue weighted by molar-refractivity contribution is 6.48. The van der Waals surface area contributed by atoms with E-state index in [2.05, 4.69) is 28.5 Å². The number of carbonyl (C=O) groups excluding carboxylic acids is 1. The fraction of sp³-hybridized carbons (Fsp3) is 0.344. The molecule has 3 aromatic rings. The van der Waals surface area contributed by atoms with Crippen molar-refractivity contribution in [2.45, 2.75) is 64.1 Å². The molecular formula is C32H36BN3O4. The lowest BCUT2D eigenvalue weighted by atomic mass is 9.75. The first-order chi connectivity index (χ1) is 19.2. The van der Waals surface area contributed by atoms with Gasteiger partial charge in [-0.05, 0) is 82.0 Å². The second kappa shape index (κ2) is 13.0. The third kappa shape index (κ3) is 7.59. The first-order valence-corrected chi connectivity index (χ1v) is 13.6. The molecule has 0 spiro atoms. The Kier molecular flexibility index (Phi) is 9.41. The quantitative estimate of drug-likeness (QED) is 0.251. The van der Waals surface area contributed by atoms with Gasteiger partial charge in [-0.3, -0.25) is 9.78 Å². The summed E-state index contributed by atoms with van der Waals surface area (Å²) >= 11 is 0. The van der Waals surface area contributed by atoms with E-state index in [9.17, 15) is 10.1 Å². The van der Waals surface area contributed by atoms with E-state index in [1.54, 1.807) is 18.3 Å². The van der Waals surface area contributed by atoms with Crippen molar-refractivity contribution in [2.24, 2.45) is 0 Å². The summed E-state index contributed by atoms with van der Waals surface area (Å²) in [5.41, 5.74) is 2.10. The molecular weight excluding hydrogens is 501 g/mol. The molecule has 1 aliphatic heterocycles. The summed E-state index contributed by atoms with van der Waals surface area (Å²) in [6.07, 6.45) is 5.07. The summed E-state index contributed by atoms with van der Waals surface area (Å²) in [5, 5.41) is 12.7. The lowest BCUT2D eigenvalue weighted by Gasteiger charge is -2.32. The van der Waals surface area contributed by atoms with Crippen LogP contribution in [-0.4, -0.2) is 41.8 Å². The Balaban J connectivity index is 1.36. The van der Waals surface area contributed by atoms with Gasteiger partial charge >= 0.3 is 7.12 Å². The fourth-order valence-corrected chi connectivity index (χ4v) is 4.38. The molecule has 0 aliphatic carbocycles. The van der Waals surface area contributed by atoms with Crippen LogP contribution in [-0.2, 0) is 20.5 Å². The highest BCUT2D eigenvalue weighted by atomic mass is 16.7. The Morgan fingerprint density at radius 1 is 1.05 bits per heavy atom. The summed E-state index contributed by atoms with van der Waals surface area (Å²) in [6.45, 7) is 8.25. The maximum atomic E-state index is 13.0. The van der Waals surface area contributed by atoms with Crippen molar-refractivity contribution >= 4 is 24.7 Å². The van der Waals surface area contributed by atoms with Gasteiger partial charge in [-0.25, -0.2) is 0 Å². The van der Waals surface area contributed by atoms with E-state index in [-0.39, 0.29) is 24.9 Å². The minimum absolute atomic E-state index is 0.134. The van der Waals surface area contributed by atoms with Crippen LogP contribution < -0.4 is 10.1 Å². The van der Waals surface area contributed by atoms with Crippen LogP contribution in [0.15, 0.2) is 79.0 Å². The Hall–Kier alpha value is -3.93. The van der Waals surface area contributed by atoms with E-state index in [0.29, 0.717) is 23.4 Å². The van der Waals surface area contributed by atoms with Gasteiger partial charge in [0.1, 0.15) is 11.8 Å². The molecule has 1 aliphatic rings. The Morgan fingerprint density at radius 2 is 1.77 bits per heavy atom. The van der Waals surface area contributed by atoms with Crippen molar-refractivity contribution < 1.29 is 18.8 Å². The number of amides is 1. The number of nitrogens with one attached hydrogen (secondary N) is 1. The zero-order valence-corrected chi connectivity index (χ0v) is 23.6. The van der Waals surface area contributed by atoms with Gasteiger partial charge in [-0.2, -0.15) is 5.26 Å². The van der Waals surface area contributed by atoms with E-state index in [1.165, 1.54) is 5.56 Å². The van der Waals surface area contributed by atoms with Gasteiger partial charge < -0.3 is 19.4 Å². The summed E-state index contributed by atoms with van der Waals surface area (Å²) in [5.74, 6) is 0.176. The Labute approximate surface area is 237 Å². The standard InChI is InChI=1S/C32H36BN3O4/c1-31(2)32(3,4)40-33(39-31)29(17-16-24-11-6-5-7-12-24)36-30(37)18-20-38-27-14-10-13-25(22-27)21-26(23-34)28-15-8-9-19-35-28/h5-15,19,21-22,29H,16-18,20H2,1-4H3,(H,36,37)/b26-21+/t29-/m0/s1.